The van der Waals surface area contributed by atoms with Crippen molar-refractivity contribution < 1.29 is 14.0 Å². The van der Waals surface area contributed by atoms with Crippen molar-refractivity contribution >= 4 is 29.1 Å². The molecule has 0 unspecified atom stereocenters. The highest BCUT2D eigenvalue weighted by Crippen LogP contribution is 2.17. The Hall–Kier alpha value is -2.40. The molecule has 26 heavy (non-hydrogen) atoms. The zero-order valence-electron chi connectivity index (χ0n) is 15.0. The molecule has 0 saturated heterocycles. The Labute approximate surface area is 157 Å². The lowest BCUT2D eigenvalue weighted by Crippen LogP contribution is -2.44. The van der Waals surface area contributed by atoms with Crippen LogP contribution < -0.4 is 10.6 Å². The van der Waals surface area contributed by atoms with Gasteiger partial charge in [0, 0.05) is 16.3 Å². The SMILES string of the molecule is Cc1ccc(F)cc1NC(=O)[C@H](CC(C)C)NC(=O)c1ccc(Cl)cc1. The van der Waals surface area contributed by atoms with Gasteiger partial charge in [0.25, 0.3) is 5.91 Å². The second kappa shape index (κ2) is 8.81. The number of carbonyl (C=O) groups excluding carboxylic acids is 2. The predicted octanol–water partition coefficient (Wildman–Crippen LogP) is 4.57. The Morgan fingerprint density at radius 3 is 2.38 bits per heavy atom. The smallest absolute Gasteiger partial charge is 0.251 e. The molecule has 1 atom stereocenters. The van der Waals surface area contributed by atoms with E-state index in [9.17, 15) is 14.0 Å². The van der Waals surface area contributed by atoms with Gasteiger partial charge in [-0.2, -0.15) is 0 Å². The van der Waals surface area contributed by atoms with Gasteiger partial charge in [0.05, 0.1) is 0 Å². The fourth-order valence-corrected chi connectivity index (χ4v) is 2.62. The van der Waals surface area contributed by atoms with E-state index in [-0.39, 0.29) is 17.7 Å². The molecule has 0 spiro atoms. The minimum absolute atomic E-state index is 0.185. The van der Waals surface area contributed by atoms with Gasteiger partial charge in [0.2, 0.25) is 5.91 Å². The summed E-state index contributed by atoms with van der Waals surface area (Å²) in [5.41, 5.74) is 1.55. The Morgan fingerprint density at radius 2 is 1.77 bits per heavy atom. The summed E-state index contributed by atoms with van der Waals surface area (Å²) in [5, 5.41) is 5.99. The van der Waals surface area contributed by atoms with Crippen LogP contribution in [0.3, 0.4) is 0 Å². The summed E-state index contributed by atoms with van der Waals surface area (Å²) >= 11 is 5.83. The number of carbonyl (C=O) groups is 2. The van der Waals surface area contributed by atoms with Crippen LogP contribution in [0.1, 0.15) is 36.2 Å². The summed E-state index contributed by atoms with van der Waals surface area (Å²) in [4.78, 5) is 25.1. The molecule has 0 bridgehead atoms. The molecule has 2 aromatic carbocycles. The zero-order valence-corrected chi connectivity index (χ0v) is 15.7. The lowest BCUT2D eigenvalue weighted by atomic mass is 10.0. The monoisotopic (exact) mass is 376 g/mol. The molecule has 2 aromatic rings. The van der Waals surface area contributed by atoms with Gasteiger partial charge in [-0.15, -0.1) is 0 Å². The molecule has 0 radical (unpaired) electrons. The van der Waals surface area contributed by atoms with Crippen LogP contribution in [0, 0.1) is 18.7 Å². The number of rotatable bonds is 6. The molecule has 0 aliphatic carbocycles. The van der Waals surface area contributed by atoms with E-state index in [1.165, 1.54) is 12.1 Å². The summed E-state index contributed by atoms with van der Waals surface area (Å²) in [6, 6.07) is 9.88. The third-order valence-electron chi connectivity index (χ3n) is 3.89. The minimum atomic E-state index is -0.735. The van der Waals surface area contributed by atoms with Crippen LogP contribution in [0.4, 0.5) is 10.1 Å². The first-order valence-electron chi connectivity index (χ1n) is 8.39. The van der Waals surface area contributed by atoms with E-state index in [4.69, 9.17) is 11.6 Å². The van der Waals surface area contributed by atoms with Crippen molar-refractivity contribution in [2.24, 2.45) is 5.92 Å². The van der Waals surface area contributed by atoms with Crippen molar-refractivity contribution in [2.75, 3.05) is 5.32 Å². The highest BCUT2D eigenvalue weighted by atomic mass is 35.5. The lowest BCUT2D eigenvalue weighted by Gasteiger charge is -2.21. The molecular formula is C20H22ClFN2O2. The minimum Gasteiger partial charge on any atom is -0.340 e. The Morgan fingerprint density at radius 1 is 1.12 bits per heavy atom. The van der Waals surface area contributed by atoms with Crippen molar-refractivity contribution in [1.29, 1.82) is 0 Å². The van der Waals surface area contributed by atoms with Crippen LogP contribution in [-0.2, 0) is 4.79 Å². The van der Waals surface area contributed by atoms with E-state index < -0.39 is 11.9 Å². The molecular weight excluding hydrogens is 355 g/mol. The number of amides is 2. The predicted molar refractivity (Wildman–Crippen MR) is 102 cm³/mol. The number of benzene rings is 2. The van der Waals surface area contributed by atoms with Crippen molar-refractivity contribution in [3.05, 3.63) is 64.4 Å². The average Bonchev–Trinajstić information content (AvgIpc) is 2.57. The van der Waals surface area contributed by atoms with Crippen molar-refractivity contribution in [2.45, 2.75) is 33.2 Å². The quantitative estimate of drug-likeness (QED) is 0.775. The first kappa shape index (κ1) is 19.9. The van der Waals surface area contributed by atoms with Gasteiger partial charge in [-0.05, 0) is 61.2 Å². The number of hydrogen-bond donors (Lipinski definition) is 2. The number of nitrogens with one attached hydrogen (secondary N) is 2. The van der Waals surface area contributed by atoms with E-state index in [0.717, 1.165) is 5.56 Å². The highest BCUT2D eigenvalue weighted by Gasteiger charge is 2.23. The number of hydrogen-bond acceptors (Lipinski definition) is 2. The van der Waals surface area contributed by atoms with Crippen LogP contribution in [-0.4, -0.2) is 17.9 Å². The Balaban J connectivity index is 2.15. The van der Waals surface area contributed by atoms with E-state index in [1.807, 2.05) is 13.8 Å². The van der Waals surface area contributed by atoms with Crippen LogP contribution in [0.15, 0.2) is 42.5 Å². The largest absolute Gasteiger partial charge is 0.340 e. The van der Waals surface area contributed by atoms with Crippen LogP contribution >= 0.6 is 11.6 Å². The Kier molecular flexibility index (Phi) is 6.75. The van der Waals surface area contributed by atoms with Crippen molar-refractivity contribution in [3.8, 4) is 0 Å². The third-order valence-corrected chi connectivity index (χ3v) is 4.14. The molecule has 0 fully saturated rings. The van der Waals surface area contributed by atoms with Gasteiger partial charge in [0.15, 0.2) is 0 Å². The maximum atomic E-state index is 13.4. The zero-order chi connectivity index (χ0) is 19.3. The molecule has 2 rings (SSSR count). The molecule has 6 heteroatoms. The molecule has 0 aliphatic heterocycles. The molecule has 0 heterocycles. The maximum absolute atomic E-state index is 13.4. The lowest BCUT2D eigenvalue weighted by molar-refractivity contribution is -0.118. The molecule has 4 nitrogen and oxygen atoms in total. The van der Waals surface area contributed by atoms with Crippen molar-refractivity contribution in [3.63, 3.8) is 0 Å². The fourth-order valence-electron chi connectivity index (χ4n) is 2.49. The second-order valence-corrected chi connectivity index (χ2v) is 7.05. The van der Waals surface area contributed by atoms with E-state index in [2.05, 4.69) is 10.6 Å². The van der Waals surface area contributed by atoms with Crippen molar-refractivity contribution in [1.82, 2.24) is 5.32 Å². The third kappa shape index (κ3) is 5.56. The molecule has 0 aromatic heterocycles. The standard InChI is InChI=1S/C20H22ClFN2O2/c1-12(2)10-18(24-19(25)14-5-7-15(21)8-6-14)20(26)23-17-11-16(22)9-4-13(17)3/h4-9,11-12,18H,10H2,1-3H3,(H,23,26)(H,24,25)/t18-/m0/s1. The number of aryl methyl sites for hydroxylation is 1. The normalized spacial score (nSPS) is 11.9. The highest BCUT2D eigenvalue weighted by molar-refractivity contribution is 6.30. The molecule has 2 N–H and O–H groups in total. The van der Waals surface area contributed by atoms with Gasteiger partial charge in [-0.25, -0.2) is 4.39 Å². The fraction of sp³-hybridized carbons (Fsp3) is 0.300. The first-order valence-corrected chi connectivity index (χ1v) is 8.77. The molecule has 138 valence electrons. The molecule has 0 saturated carbocycles. The van der Waals surface area contributed by atoms with E-state index in [1.54, 1.807) is 37.3 Å². The van der Waals surface area contributed by atoms with Gasteiger partial charge in [-0.3, -0.25) is 9.59 Å². The summed E-state index contributed by atoms with van der Waals surface area (Å²) in [7, 11) is 0. The van der Waals surface area contributed by atoms with E-state index >= 15 is 0 Å². The van der Waals surface area contributed by atoms with Gasteiger partial charge < -0.3 is 10.6 Å². The van der Waals surface area contributed by atoms with Gasteiger partial charge in [-0.1, -0.05) is 31.5 Å². The molecule has 2 amide bonds. The average molecular weight is 377 g/mol. The van der Waals surface area contributed by atoms with Gasteiger partial charge in [0.1, 0.15) is 11.9 Å². The summed E-state index contributed by atoms with van der Waals surface area (Å²) in [5.74, 6) is -0.991. The van der Waals surface area contributed by atoms with Crippen LogP contribution in [0.2, 0.25) is 5.02 Å². The summed E-state index contributed by atoms with van der Waals surface area (Å²) < 4.78 is 13.4. The number of anilines is 1. The van der Waals surface area contributed by atoms with Crippen LogP contribution in [0.5, 0.6) is 0 Å². The topological polar surface area (TPSA) is 58.2 Å². The van der Waals surface area contributed by atoms with Gasteiger partial charge >= 0.3 is 0 Å². The maximum Gasteiger partial charge on any atom is 0.251 e. The summed E-state index contributed by atoms with van der Waals surface area (Å²) in [6.07, 6.45) is 0.458. The first-order chi connectivity index (χ1) is 12.3. The molecule has 0 aliphatic rings. The Bertz CT molecular complexity index is 791. The summed E-state index contributed by atoms with van der Waals surface area (Å²) in [6.45, 7) is 5.70. The number of halogens is 2. The second-order valence-electron chi connectivity index (χ2n) is 6.61. The van der Waals surface area contributed by atoms with E-state index in [0.29, 0.717) is 22.7 Å². The van der Waals surface area contributed by atoms with Crippen LogP contribution in [0.25, 0.3) is 0 Å².